The van der Waals surface area contributed by atoms with Gasteiger partial charge in [0.25, 0.3) is 5.91 Å². The largest absolute Gasteiger partial charge is 0.397 e. The van der Waals surface area contributed by atoms with Crippen LogP contribution in [0.4, 0.5) is 5.69 Å². The van der Waals surface area contributed by atoms with Gasteiger partial charge in [0.15, 0.2) is 0 Å². The number of H-pyrrole nitrogens is 1. The molecule has 5 heteroatoms. The molecule has 4 N–H and O–H groups in total. The zero-order chi connectivity index (χ0) is 13.8. The molecule has 1 aromatic carbocycles. The maximum absolute atomic E-state index is 12.3. The van der Waals surface area contributed by atoms with Crippen molar-refractivity contribution >= 4 is 22.5 Å². The first-order valence-electron chi connectivity index (χ1n) is 6.44. The second-order valence-electron chi connectivity index (χ2n) is 4.51. The predicted molar refractivity (Wildman–Crippen MR) is 76.0 cm³/mol. The number of para-hydroxylation sites is 1. The maximum Gasteiger partial charge on any atom is 0.270 e. The van der Waals surface area contributed by atoms with Crippen molar-refractivity contribution in [3.8, 4) is 0 Å². The monoisotopic (exact) mass is 261 g/mol. The Balaban J connectivity index is 2.32. The Morgan fingerprint density at radius 1 is 1.42 bits per heavy atom. The van der Waals surface area contributed by atoms with Crippen LogP contribution < -0.4 is 5.73 Å². The van der Waals surface area contributed by atoms with Crippen LogP contribution in [0.3, 0.4) is 0 Å². The molecular weight excluding hydrogens is 242 g/mol. The van der Waals surface area contributed by atoms with Gasteiger partial charge >= 0.3 is 0 Å². The Morgan fingerprint density at radius 3 is 2.84 bits per heavy atom. The second-order valence-corrected chi connectivity index (χ2v) is 4.51. The third kappa shape index (κ3) is 2.71. The van der Waals surface area contributed by atoms with Crippen molar-refractivity contribution in [3.05, 3.63) is 30.0 Å². The quantitative estimate of drug-likeness (QED) is 0.715. The SMILES string of the molecule is CCCN(CCO)C(=O)c1cc2cccc(N)c2[nH]1. The lowest BCUT2D eigenvalue weighted by Crippen LogP contribution is -2.34. The van der Waals surface area contributed by atoms with E-state index in [-0.39, 0.29) is 12.5 Å². The van der Waals surface area contributed by atoms with Crippen molar-refractivity contribution in [2.75, 3.05) is 25.4 Å². The summed E-state index contributed by atoms with van der Waals surface area (Å²) in [6, 6.07) is 7.37. The Bertz CT molecular complexity index is 571. The molecule has 1 amide bonds. The van der Waals surface area contributed by atoms with Crippen LogP contribution in [0.25, 0.3) is 10.9 Å². The van der Waals surface area contributed by atoms with E-state index >= 15 is 0 Å². The van der Waals surface area contributed by atoms with Gasteiger partial charge in [-0.1, -0.05) is 19.1 Å². The number of fused-ring (bicyclic) bond motifs is 1. The molecule has 5 nitrogen and oxygen atoms in total. The molecule has 0 aliphatic heterocycles. The number of anilines is 1. The lowest BCUT2D eigenvalue weighted by molar-refractivity contribution is 0.0717. The third-order valence-electron chi connectivity index (χ3n) is 3.07. The van der Waals surface area contributed by atoms with Crippen LogP contribution in [0.2, 0.25) is 0 Å². The van der Waals surface area contributed by atoms with Crippen molar-refractivity contribution in [2.45, 2.75) is 13.3 Å². The van der Waals surface area contributed by atoms with Gasteiger partial charge in [0.05, 0.1) is 17.8 Å². The molecule has 102 valence electrons. The van der Waals surface area contributed by atoms with Crippen LogP contribution in [-0.4, -0.2) is 40.6 Å². The Morgan fingerprint density at radius 2 is 2.21 bits per heavy atom. The molecule has 1 aromatic heterocycles. The molecular formula is C14H19N3O2. The molecule has 0 saturated heterocycles. The fourth-order valence-corrected chi connectivity index (χ4v) is 2.17. The summed E-state index contributed by atoms with van der Waals surface area (Å²) in [6.45, 7) is 2.94. The summed E-state index contributed by atoms with van der Waals surface area (Å²) in [4.78, 5) is 17.1. The fourth-order valence-electron chi connectivity index (χ4n) is 2.17. The summed E-state index contributed by atoms with van der Waals surface area (Å²) in [5, 5.41) is 9.94. The zero-order valence-electron chi connectivity index (χ0n) is 11.0. The number of hydrogen-bond donors (Lipinski definition) is 3. The maximum atomic E-state index is 12.3. The molecule has 2 aromatic rings. The highest BCUT2D eigenvalue weighted by atomic mass is 16.3. The molecule has 19 heavy (non-hydrogen) atoms. The summed E-state index contributed by atoms with van der Waals surface area (Å²) in [5.74, 6) is -0.105. The number of nitrogen functional groups attached to an aromatic ring is 1. The Kier molecular flexibility index (Phi) is 4.06. The first-order chi connectivity index (χ1) is 9.17. The smallest absolute Gasteiger partial charge is 0.270 e. The number of nitrogens with one attached hydrogen (secondary N) is 1. The van der Waals surface area contributed by atoms with Gasteiger partial charge in [-0.3, -0.25) is 4.79 Å². The van der Waals surface area contributed by atoms with Gasteiger partial charge in [0.1, 0.15) is 5.69 Å². The average molecular weight is 261 g/mol. The van der Waals surface area contributed by atoms with E-state index in [9.17, 15) is 4.79 Å². The number of carbonyl (C=O) groups excluding carboxylic acids is 1. The van der Waals surface area contributed by atoms with E-state index in [2.05, 4.69) is 4.98 Å². The van der Waals surface area contributed by atoms with Crippen molar-refractivity contribution in [1.82, 2.24) is 9.88 Å². The standard InChI is InChI=1S/C14H19N3O2/c1-2-6-17(7-8-18)14(19)12-9-10-4-3-5-11(15)13(10)16-12/h3-5,9,16,18H,2,6-8,15H2,1H3. The van der Waals surface area contributed by atoms with Crippen LogP contribution in [0.1, 0.15) is 23.8 Å². The molecule has 0 spiro atoms. The van der Waals surface area contributed by atoms with Crippen LogP contribution in [-0.2, 0) is 0 Å². The van der Waals surface area contributed by atoms with E-state index in [4.69, 9.17) is 10.8 Å². The minimum absolute atomic E-state index is 0.0336. The van der Waals surface area contributed by atoms with Gasteiger partial charge in [0, 0.05) is 18.5 Å². The molecule has 0 saturated carbocycles. The van der Waals surface area contributed by atoms with Gasteiger partial charge < -0.3 is 20.7 Å². The number of nitrogens with two attached hydrogens (primary N) is 1. The summed E-state index contributed by atoms with van der Waals surface area (Å²) in [6.07, 6.45) is 0.855. The van der Waals surface area contributed by atoms with E-state index in [0.717, 1.165) is 17.3 Å². The van der Waals surface area contributed by atoms with Crippen molar-refractivity contribution in [1.29, 1.82) is 0 Å². The summed E-state index contributed by atoms with van der Waals surface area (Å²) in [5.41, 5.74) is 7.79. The highest BCUT2D eigenvalue weighted by Crippen LogP contribution is 2.21. The first kappa shape index (κ1) is 13.4. The van der Waals surface area contributed by atoms with E-state index in [0.29, 0.717) is 24.5 Å². The molecule has 1 heterocycles. The lowest BCUT2D eigenvalue weighted by Gasteiger charge is -2.20. The van der Waals surface area contributed by atoms with Crippen LogP contribution in [0, 0.1) is 0 Å². The van der Waals surface area contributed by atoms with Crippen molar-refractivity contribution in [2.24, 2.45) is 0 Å². The normalized spacial score (nSPS) is 10.8. The van der Waals surface area contributed by atoms with Crippen molar-refractivity contribution < 1.29 is 9.90 Å². The highest BCUT2D eigenvalue weighted by Gasteiger charge is 2.17. The molecule has 0 aliphatic rings. The summed E-state index contributed by atoms with van der Waals surface area (Å²) < 4.78 is 0. The molecule has 0 unspecified atom stereocenters. The minimum Gasteiger partial charge on any atom is -0.397 e. The highest BCUT2D eigenvalue weighted by molar-refractivity contribution is 6.00. The lowest BCUT2D eigenvalue weighted by atomic mass is 10.2. The average Bonchev–Trinajstić information content (AvgIpc) is 2.83. The van der Waals surface area contributed by atoms with Gasteiger partial charge in [-0.2, -0.15) is 0 Å². The van der Waals surface area contributed by atoms with Gasteiger partial charge in [0.2, 0.25) is 0 Å². The number of aliphatic hydroxyl groups is 1. The van der Waals surface area contributed by atoms with Crippen LogP contribution in [0.5, 0.6) is 0 Å². The third-order valence-corrected chi connectivity index (χ3v) is 3.07. The van der Waals surface area contributed by atoms with Crippen LogP contribution >= 0.6 is 0 Å². The molecule has 0 aliphatic carbocycles. The number of aliphatic hydroxyl groups excluding tert-OH is 1. The number of hydrogen-bond acceptors (Lipinski definition) is 3. The number of aromatic amines is 1. The van der Waals surface area contributed by atoms with E-state index in [1.807, 2.05) is 19.1 Å². The molecule has 0 fully saturated rings. The Hall–Kier alpha value is -2.01. The molecule has 2 rings (SSSR count). The number of carbonyl (C=O) groups is 1. The van der Waals surface area contributed by atoms with Crippen molar-refractivity contribution in [3.63, 3.8) is 0 Å². The summed E-state index contributed by atoms with van der Waals surface area (Å²) >= 11 is 0. The summed E-state index contributed by atoms with van der Waals surface area (Å²) in [7, 11) is 0. The van der Waals surface area contributed by atoms with Gasteiger partial charge in [-0.15, -0.1) is 0 Å². The molecule has 0 atom stereocenters. The van der Waals surface area contributed by atoms with Gasteiger partial charge in [-0.25, -0.2) is 0 Å². The topological polar surface area (TPSA) is 82.3 Å². The molecule has 0 bridgehead atoms. The van der Waals surface area contributed by atoms with E-state index < -0.39 is 0 Å². The number of nitrogens with zero attached hydrogens (tertiary/aromatic N) is 1. The number of amides is 1. The van der Waals surface area contributed by atoms with E-state index in [1.165, 1.54) is 0 Å². The van der Waals surface area contributed by atoms with Gasteiger partial charge in [-0.05, 0) is 18.6 Å². The number of aromatic nitrogens is 1. The Labute approximate surface area is 112 Å². The first-order valence-corrected chi connectivity index (χ1v) is 6.44. The second kappa shape index (κ2) is 5.75. The number of benzene rings is 1. The van der Waals surface area contributed by atoms with E-state index in [1.54, 1.807) is 17.0 Å². The van der Waals surface area contributed by atoms with Crippen LogP contribution in [0.15, 0.2) is 24.3 Å². The molecule has 0 radical (unpaired) electrons. The fraction of sp³-hybridized carbons (Fsp3) is 0.357. The predicted octanol–water partition coefficient (Wildman–Crippen LogP) is 1.59. The zero-order valence-corrected chi connectivity index (χ0v) is 11.0. The number of rotatable bonds is 5. The minimum atomic E-state index is -0.105.